The van der Waals surface area contributed by atoms with Gasteiger partial charge >= 0.3 is 0 Å². The molecule has 1 heterocycles. The zero-order chi connectivity index (χ0) is 8.97. The van der Waals surface area contributed by atoms with Crippen LogP contribution in [0.15, 0.2) is 18.3 Å². The van der Waals surface area contributed by atoms with Crippen molar-refractivity contribution in [2.45, 2.75) is 20.4 Å². The van der Waals surface area contributed by atoms with E-state index in [0.29, 0.717) is 0 Å². The third-order valence-corrected chi connectivity index (χ3v) is 1.94. The van der Waals surface area contributed by atoms with Crippen LogP contribution >= 0.6 is 0 Å². The minimum atomic E-state index is 0.941. The SMILES string of the molecule is CCN(C)Cc1ccc(C)cn1. The highest BCUT2D eigenvalue weighted by Crippen LogP contribution is 2.00. The summed E-state index contributed by atoms with van der Waals surface area (Å²) in [5.41, 5.74) is 2.36. The Hall–Kier alpha value is -0.890. The largest absolute Gasteiger partial charge is 0.301 e. The fourth-order valence-electron chi connectivity index (χ4n) is 0.980. The van der Waals surface area contributed by atoms with Crippen LogP contribution in [0.3, 0.4) is 0 Å². The average Bonchev–Trinajstić information content (AvgIpc) is 2.09. The van der Waals surface area contributed by atoms with Crippen LogP contribution in [-0.2, 0) is 6.54 Å². The molecule has 0 aliphatic heterocycles. The third kappa shape index (κ3) is 2.62. The van der Waals surface area contributed by atoms with E-state index >= 15 is 0 Å². The van der Waals surface area contributed by atoms with Crippen LogP contribution in [0.4, 0.5) is 0 Å². The first-order valence-corrected chi connectivity index (χ1v) is 4.32. The van der Waals surface area contributed by atoms with Crippen molar-refractivity contribution in [3.63, 3.8) is 0 Å². The Kier molecular flexibility index (Phi) is 3.23. The number of aryl methyl sites for hydroxylation is 1. The molecular weight excluding hydrogens is 148 g/mol. The van der Waals surface area contributed by atoms with Crippen LogP contribution in [0.25, 0.3) is 0 Å². The van der Waals surface area contributed by atoms with Gasteiger partial charge in [0, 0.05) is 12.7 Å². The molecule has 0 radical (unpaired) electrons. The first-order valence-electron chi connectivity index (χ1n) is 4.32. The van der Waals surface area contributed by atoms with Crippen LogP contribution < -0.4 is 0 Å². The highest BCUT2D eigenvalue weighted by Gasteiger charge is 1.97. The Labute approximate surface area is 74.2 Å². The molecule has 0 saturated carbocycles. The molecule has 2 heteroatoms. The fraction of sp³-hybridized carbons (Fsp3) is 0.500. The highest BCUT2D eigenvalue weighted by atomic mass is 15.1. The normalized spacial score (nSPS) is 10.7. The molecule has 0 saturated heterocycles. The van der Waals surface area contributed by atoms with E-state index in [1.54, 1.807) is 0 Å². The Morgan fingerprint density at radius 3 is 2.67 bits per heavy atom. The van der Waals surface area contributed by atoms with Gasteiger partial charge in [-0.05, 0) is 32.1 Å². The second-order valence-electron chi connectivity index (χ2n) is 3.16. The summed E-state index contributed by atoms with van der Waals surface area (Å²) in [4.78, 5) is 6.56. The summed E-state index contributed by atoms with van der Waals surface area (Å²) < 4.78 is 0. The quantitative estimate of drug-likeness (QED) is 0.677. The molecule has 0 unspecified atom stereocenters. The summed E-state index contributed by atoms with van der Waals surface area (Å²) >= 11 is 0. The van der Waals surface area contributed by atoms with E-state index in [-0.39, 0.29) is 0 Å². The van der Waals surface area contributed by atoms with Crippen molar-refractivity contribution in [2.24, 2.45) is 0 Å². The molecule has 0 fully saturated rings. The summed E-state index contributed by atoms with van der Waals surface area (Å²) in [5, 5.41) is 0. The first-order chi connectivity index (χ1) is 5.72. The lowest BCUT2D eigenvalue weighted by molar-refractivity contribution is 0.341. The van der Waals surface area contributed by atoms with Crippen LogP contribution in [0.1, 0.15) is 18.2 Å². The van der Waals surface area contributed by atoms with E-state index in [9.17, 15) is 0 Å². The van der Waals surface area contributed by atoms with Gasteiger partial charge in [-0.15, -0.1) is 0 Å². The molecule has 1 rings (SSSR count). The van der Waals surface area contributed by atoms with E-state index in [1.807, 2.05) is 6.20 Å². The van der Waals surface area contributed by atoms with Gasteiger partial charge in [0.15, 0.2) is 0 Å². The minimum Gasteiger partial charge on any atom is -0.301 e. The molecule has 2 nitrogen and oxygen atoms in total. The van der Waals surface area contributed by atoms with Crippen molar-refractivity contribution in [1.82, 2.24) is 9.88 Å². The van der Waals surface area contributed by atoms with Crippen molar-refractivity contribution >= 4 is 0 Å². The maximum atomic E-state index is 4.32. The maximum absolute atomic E-state index is 4.32. The number of rotatable bonds is 3. The van der Waals surface area contributed by atoms with Crippen LogP contribution in [0.2, 0.25) is 0 Å². The minimum absolute atomic E-state index is 0.941. The molecule has 0 aliphatic rings. The number of aromatic nitrogens is 1. The topological polar surface area (TPSA) is 16.1 Å². The number of hydrogen-bond acceptors (Lipinski definition) is 2. The van der Waals surface area contributed by atoms with E-state index in [1.165, 1.54) is 5.56 Å². The van der Waals surface area contributed by atoms with E-state index < -0.39 is 0 Å². The lowest BCUT2D eigenvalue weighted by atomic mass is 10.2. The molecule has 66 valence electrons. The molecule has 0 amide bonds. The van der Waals surface area contributed by atoms with E-state index in [4.69, 9.17) is 0 Å². The van der Waals surface area contributed by atoms with E-state index in [2.05, 4.69) is 42.9 Å². The third-order valence-electron chi connectivity index (χ3n) is 1.94. The van der Waals surface area contributed by atoms with Gasteiger partial charge in [-0.2, -0.15) is 0 Å². The van der Waals surface area contributed by atoms with Crippen LogP contribution in [-0.4, -0.2) is 23.5 Å². The zero-order valence-electron chi connectivity index (χ0n) is 8.04. The molecule has 1 aromatic heterocycles. The summed E-state index contributed by atoms with van der Waals surface area (Å²) in [5.74, 6) is 0. The van der Waals surface area contributed by atoms with Crippen molar-refractivity contribution in [3.05, 3.63) is 29.6 Å². The van der Waals surface area contributed by atoms with Gasteiger partial charge in [0.1, 0.15) is 0 Å². The van der Waals surface area contributed by atoms with Gasteiger partial charge in [-0.25, -0.2) is 0 Å². The number of hydrogen-bond donors (Lipinski definition) is 0. The van der Waals surface area contributed by atoms with E-state index in [0.717, 1.165) is 18.8 Å². The average molecular weight is 164 g/mol. The zero-order valence-corrected chi connectivity index (χ0v) is 8.04. The standard InChI is InChI=1S/C10H16N2/c1-4-12(3)8-10-6-5-9(2)7-11-10/h5-7H,4,8H2,1-3H3. The summed E-state index contributed by atoms with van der Waals surface area (Å²) in [6, 6.07) is 4.19. The number of nitrogens with zero attached hydrogens (tertiary/aromatic N) is 2. The van der Waals surface area contributed by atoms with Crippen LogP contribution in [0.5, 0.6) is 0 Å². The van der Waals surface area contributed by atoms with Crippen molar-refractivity contribution < 1.29 is 0 Å². The molecule has 0 bridgehead atoms. The van der Waals surface area contributed by atoms with Crippen molar-refractivity contribution in [3.8, 4) is 0 Å². The van der Waals surface area contributed by atoms with Gasteiger partial charge in [0.05, 0.1) is 5.69 Å². The smallest absolute Gasteiger partial charge is 0.0544 e. The molecule has 0 atom stereocenters. The number of pyridine rings is 1. The molecule has 0 N–H and O–H groups in total. The predicted octanol–water partition coefficient (Wildman–Crippen LogP) is 1.84. The van der Waals surface area contributed by atoms with Crippen molar-refractivity contribution in [2.75, 3.05) is 13.6 Å². The molecule has 0 spiro atoms. The molecular formula is C10H16N2. The lowest BCUT2D eigenvalue weighted by Crippen LogP contribution is -2.17. The second-order valence-corrected chi connectivity index (χ2v) is 3.16. The van der Waals surface area contributed by atoms with Gasteiger partial charge in [0.2, 0.25) is 0 Å². The Balaban J connectivity index is 2.58. The second kappa shape index (κ2) is 4.21. The molecule has 0 aromatic carbocycles. The Morgan fingerprint density at radius 1 is 1.42 bits per heavy atom. The predicted molar refractivity (Wildman–Crippen MR) is 51.0 cm³/mol. The fourth-order valence-corrected chi connectivity index (χ4v) is 0.980. The summed E-state index contributed by atoms with van der Waals surface area (Å²) in [6.45, 7) is 6.21. The Morgan fingerprint density at radius 2 is 2.17 bits per heavy atom. The molecule has 12 heavy (non-hydrogen) atoms. The molecule has 1 aromatic rings. The lowest BCUT2D eigenvalue weighted by Gasteiger charge is -2.12. The monoisotopic (exact) mass is 164 g/mol. The van der Waals surface area contributed by atoms with Gasteiger partial charge < -0.3 is 4.90 Å². The van der Waals surface area contributed by atoms with Gasteiger partial charge in [0.25, 0.3) is 0 Å². The van der Waals surface area contributed by atoms with Crippen LogP contribution in [0, 0.1) is 6.92 Å². The van der Waals surface area contributed by atoms with Gasteiger partial charge in [-0.1, -0.05) is 13.0 Å². The maximum Gasteiger partial charge on any atom is 0.0544 e. The first kappa shape index (κ1) is 9.20. The summed E-state index contributed by atoms with van der Waals surface area (Å²) in [6.07, 6.45) is 1.92. The highest BCUT2D eigenvalue weighted by molar-refractivity contribution is 5.11. The van der Waals surface area contributed by atoms with Crippen molar-refractivity contribution in [1.29, 1.82) is 0 Å². The molecule has 0 aliphatic carbocycles. The summed E-state index contributed by atoms with van der Waals surface area (Å²) in [7, 11) is 2.10. The van der Waals surface area contributed by atoms with Gasteiger partial charge in [-0.3, -0.25) is 4.98 Å². The Bertz CT molecular complexity index is 228.